The molecule has 0 fully saturated rings. The van der Waals surface area contributed by atoms with Crippen LogP contribution in [0.15, 0.2) is 133 Å². The van der Waals surface area contributed by atoms with E-state index in [1.54, 1.807) is 0 Å². The van der Waals surface area contributed by atoms with Gasteiger partial charge in [-0.15, -0.1) is 0 Å². The highest BCUT2D eigenvalue weighted by atomic mass is 32.2. The minimum atomic E-state index is -1.22. The fourth-order valence-corrected chi connectivity index (χ4v) is 5.96. The molecule has 0 N–H and O–H groups in total. The van der Waals surface area contributed by atoms with Crippen LogP contribution >= 0.6 is 0 Å². The third-order valence-electron chi connectivity index (χ3n) is 6.53. The molecule has 4 aromatic rings. The highest BCUT2D eigenvalue weighted by molar-refractivity contribution is 7.99. The molecule has 0 atom stereocenters. The molecule has 4 aromatic carbocycles. The van der Waals surface area contributed by atoms with Gasteiger partial charge in [0.05, 0.1) is 0 Å². The normalized spacial score (nSPS) is 11.5. The minimum absolute atomic E-state index is 0.298. The van der Waals surface area contributed by atoms with E-state index in [9.17, 15) is 0 Å². The van der Waals surface area contributed by atoms with Gasteiger partial charge in [0.15, 0.2) is 0 Å². The predicted octanol–water partition coefficient (Wildman–Crippen LogP) is 5.49. The van der Waals surface area contributed by atoms with Crippen molar-refractivity contribution in [1.29, 1.82) is 0 Å². The van der Waals surface area contributed by atoms with Crippen molar-refractivity contribution in [1.82, 2.24) is 0 Å². The molecule has 34 heavy (non-hydrogen) atoms. The molecule has 0 aliphatic heterocycles. The van der Waals surface area contributed by atoms with Crippen LogP contribution in [0.4, 0.5) is 0 Å². The Bertz CT molecular complexity index is 982. The van der Waals surface area contributed by atoms with E-state index in [0.717, 1.165) is 0 Å². The highest BCUT2D eigenvalue weighted by Crippen LogP contribution is 2.27. The van der Waals surface area contributed by atoms with Crippen LogP contribution < -0.4 is 21.9 Å². The van der Waals surface area contributed by atoms with Crippen molar-refractivity contribution in [3.63, 3.8) is 0 Å². The molecule has 0 aromatic heterocycles. The molecular weight excluding hydrogens is 427 g/mol. The van der Waals surface area contributed by atoms with Crippen LogP contribution in [-0.2, 0) is 10.9 Å². The topological polar surface area (TPSA) is 0 Å². The smallest absolute Gasteiger partial charge is 0.129 e. The van der Waals surface area contributed by atoms with E-state index in [1.807, 2.05) is 0 Å². The van der Waals surface area contributed by atoms with Crippen molar-refractivity contribution in [3.8, 4) is 0 Å². The van der Waals surface area contributed by atoms with E-state index in [1.165, 1.54) is 26.8 Å². The van der Waals surface area contributed by atoms with Gasteiger partial charge in [0.25, 0.3) is 0 Å². The van der Waals surface area contributed by atoms with Gasteiger partial charge in [-0.2, -0.15) is 21.9 Å². The van der Waals surface area contributed by atoms with Crippen LogP contribution in [0.25, 0.3) is 0 Å². The highest BCUT2D eigenvalue weighted by Gasteiger charge is 2.31. The van der Waals surface area contributed by atoms with Crippen LogP contribution in [0.2, 0.25) is 0 Å². The lowest BCUT2D eigenvalue weighted by atomic mass is 9.13. The summed E-state index contributed by atoms with van der Waals surface area (Å²) in [6.07, 6.45) is 3.22. The van der Waals surface area contributed by atoms with Crippen LogP contribution in [0, 0.1) is 5.41 Å². The van der Waals surface area contributed by atoms with Crippen molar-refractivity contribution in [2.24, 2.45) is 5.41 Å². The van der Waals surface area contributed by atoms with Crippen LogP contribution in [0.5, 0.6) is 0 Å². The van der Waals surface area contributed by atoms with Crippen molar-refractivity contribution in [2.45, 2.75) is 20.8 Å². The van der Waals surface area contributed by atoms with E-state index in [4.69, 9.17) is 0 Å². The lowest BCUT2D eigenvalue weighted by Gasteiger charge is -2.44. The fourth-order valence-electron chi connectivity index (χ4n) is 4.73. The first-order chi connectivity index (χ1) is 16.3. The second-order valence-electron chi connectivity index (χ2n) is 10.00. The lowest BCUT2D eigenvalue weighted by Crippen LogP contribution is -2.74. The van der Waals surface area contributed by atoms with Gasteiger partial charge in [0.2, 0.25) is 0 Å². The first-order valence-corrected chi connectivity index (χ1v) is 14.0. The summed E-state index contributed by atoms with van der Waals surface area (Å²) in [6.45, 7) is 10.7. The maximum atomic E-state index is 4.04. The zero-order valence-electron chi connectivity index (χ0n) is 21.2. The third-order valence-corrected chi connectivity index (χ3v) is 8.13. The van der Waals surface area contributed by atoms with Crippen LogP contribution in [-0.4, -0.2) is 18.7 Å². The van der Waals surface area contributed by atoms with Crippen molar-refractivity contribution >= 4 is 38.9 Å². The third kappa shape index (κ3) is 5.74. The van der Waals surface area contributed by atoms with Gasteiger partial charge in [-0.05, 0) is 6.58 Å². The molecule has 0 aliphatic carbocycles. The van der Waals surface area contributed by atoms with E-state index in [0.29, 0.717) is 16.3 Å². The molecule has 0 spiro atoms. The quantitative estimate of drug-likeness (QED) is 0.271. The zero-order chi connectivity index (χ0) is 24.6. The SMILES string of the molecule is C=C([S+](C)C)C(C)(C)C.c1ccc([B-](c2ccccc2)(c2ccccc2)c2ccccc2)cc1. The van der Waals surface area contributed by atoms with Gasteiger partial charge >= 0.3 is 0 Å². The van der Waals surface area contributed by atoms with Crippen molar-refractivity contribution in [3.05, 3.63) is 133 Å². The molecule has 2 heteroatoms. The Morgan fingerprint density at radius 1 is 0.529 bits per heavy atom. The number of allylic oxidation sites excluding steroid dienone is 1. The van der Waals surface area contributed by atoms with Gasteiger partial charge in [0.1, 0.15) is 23.6 Å². The van der Waals surface area contributed by atoms with E-state index in [2.05, 4.69) is 161 Å². The Labute approximate surface area is 210 Å². The summed E-state index contributed by atoms with van der Waals surface area (Å²) in [6, 6.07) is 43.5. The molecule has 0 amide bonds. The van der Waals surface area contributed by atoms with Crippen molar-refractivity contribution in [2.75, 3.05) is 12.5 Å². The molecule has 0 bridgehead atoms. The summed E-state index contributed by atoms with van der Waals surface area (Å²) in [5, 5.41) is 0. The monoisotopic (exact) mass is 464 g/mol. The zero-order valence-corrected chi connectivity index (χ0v) is 22.1. The fraction of sp³-hybridized carbons (Fsp3) is 0.188. The Morgan fingerprint density at radius 3 is 0.912 bits per heavy atom. The molecule has 4 rings (SSSR count). The molecule has 174 valence electrons. The summed E-state index contributed by atoms with van der Waals surface area (Å²) in [4.78, 5) is 1.36. The van der Waals surface area contributed by atoms with Gasteiger partial charge in [-0.25, -0.2) is 0 Å². The van der Waals surface area contributed by atoms with Crippen LogP contribution in [0.1, 0.15) is 20.8 Å². The number of hydrogen-bond acceptors (Lipinski definition) is 0. The molecule has 0 nitrogen and oxygen atoms in total. The Kier molecular flexibility index (Phi) is 8.64. The van der Waals surface area contributed by atoms with Gasteiger partial charge in [-0.3, -0.25) is 0 Å². The lowest BCUT2D eigenvalue weighted by molar-refractivity contribution is 0.534. The molecule has 0 radical (unpaired) electrons. The summed E-state index contributed by atoms with van der Waals surface area (Å²) in [5.74, 6) is 0. The Hall–Kier alpha value is -2.97. The average Bonchev–Trinajstić information content (AvgIpc) is 2.86. The second kappa shape index (κ2) is 11.4. The molecular formula is C32H37BS. The number of rotatable bonds is 5. The summed E-state index contributed by atoms with van der Waals surface area (Å²) < 4.78 is 0. The molecule has 0 saturated carbocycles. The summed E-state index contributed by atoms with van der Waals surface area (Å²) in [7, 11) is 0.376. The van der Waals surface area contributed by atoms with Gasteiger partial charge in [-0.1, -0.05) is 142 Å². The van der Waals surface area contributed by atoms with Gasteiger partial charge in [0, 0.05) is 16.3 Å². The first kappa shape index (κ1) is 25.7. The molecule has 0 unspecified atom stereocenters. The molecule has 0 saturated heterocycles. The van der Waals surface area contributed by atoms with Crippen LogP contribution in [0.3, 0.4) is 0 Å². The van der Waals surface area contributed by atoms with Crippen molar-refractivity contribution < 1.29 is 0 Å². The Morgan fingerprint density at radius 2 is 0.765 bits per heavy atom. The summed E-state index contributed by atoms with van der Waals surface area (Å²) >= 11 is 0. The number of benzene rings is 4. The largest absolute Gasteiger partial charge is 0.195 e. The van der Waals surface area contributed by atoms with E-state index >= 15 is 0 Å². The second-order valence-corrected chi connectivity index (χ2v) is 12.1. The van der Waals surface area contributed by atoms with E-state index < -0.39 is 6.15 Å². The van der Waals surface area contributed by atoms with E-state index in [-0.39, 0.29) is 0 Å². The molecule has 0 aliphatic rings. The molecule has 0 heterocycles. The maximum Gasteiger partial charge on any atom is 0.129 e. The Balaban J connectivity index is 0.000000309. The number of hydrogen-bond donors (Lipinski definition) is 0. The standard InChI is InChI=1S/C24H20B.C8H17S/c1-5-13-21(14-6-1)25(22-15-7-2-8-16-22,23-17-9-3-10-18-23)24-19-11-4-12-20-24;1-7(9(5)6)8(2,3)4/h1-20H;1H2,2-6H3/q-1;+1. The van der Waals surface area contributed by atoms with Gasteiger partial charge < -0.3 is 0 Å². The summed E-state index contributed by atoms with van der Waals surface area (Å²) in [5.41, 5.74) is 5.65. The maximum absolute atomic E-state index is 4.04. The predicted molar refractivity (Wildman–Crippen MR) is 158 cm³/mol. The first-order valence-electron chi connectivity index (χ1n) is 11.9. The average molecular weight is 465 g/mol. The minimum Gasteiger partial charge on any atom is -0.195 e.